The first kappa shape index (κ1) is 20.0. The topological polar surface area (TPSA) is 57.2 Å². The van der Waals surface area contributed by atoms with Crippen molar-refractivity contribution in [2.75, 3.05) is 26.4 Å². The van der Waals surface area contributed by atoms with Crippen LogP contribution in [-0.4, -0.2) is 55.6 Å². The van der Waals surface area contributed by atoms with E-state index in [1.807, 2.05) is 23.1 Å². The minimum absolute atomic E-state index is 0.0116. The summed E-state index contributed by atoms with van der Waals surface area (Å²) in [5.41, 5.74) is 1.37. The molecule has 1 unspecified atom stereocenters. The fourth-order valence-corrected chi connectivity index (χ4v) is 4.41. The second-order valence-corrected chi connectivity index (χ2v) is 8.76. The van der Waals surface area contributed by atoms with Gasteiger partial charge in [0.1, 0.15) is 5.75 Å². The van der Waals surface area contributed by atoms with Crippen molar-refractivity contribution >= 4 is 5.91 Å². The summed E-state index contributed by atoms with van der Waals surface area (Å²) in [5, 5.41) is 0. The van der Waals surface area contributed by atoms with E-state index < -0.39 is 0 Å². The van der Waals surface area contributed by atoms with Crippen molar-refractivity contribution in [3.8, 4) is 5.75 Å². The Bertz CT molecular complexity index is 760. The summed E-state index contributed by atoms with van der Waals surface area (Å²) in [4.78, 5) is 14.6. The quantitative estimate of drug-likeness (QED) is 0.577. The Morgan fingerprint density at radius 3 is 2.53 bits per heavy atom. The number of benzene rings is 1. The molecule has 5 rings (SSSR count). The first-order valence-electron chi connectivity index (χ1n) is 11.4. The normalized spacial score (nSPS) is 28.9. The van der Waals surface area contributed by atoms with Crippen LogP contribution in [0, 0.1) is 0 Å². The van der Waals surface area contributed by atoms with Gasteiger partial charge in [0.2, 0.25) is 0 Å². The number of hydrogen-bond acceptors (Lipinski definition) is 5. The smallest absolute Gasteiger partial charge is 0.289 e. The van der Waals surface area contributed by atoms with Crippen LogP contribution in [0.2, 0.25) is 0 Å². The van der Waals surface area contributed by atoms with Crippen molar-refractivity contribution in [2.24, 2.45) is 0 Å². The maximum absolute atomic E-state index is 12.7. The van der Waals surface area contributed by atoms with Gasteiger partial charge in [-0.2, -0.15) is 0 Å². The summed E-state index contributed by atoms with van der Waals surface area (Å²) in [5.74, 6) is 1.89. The number of carbonyl (C=O) groups is 1. The lowest BCUT2D eigenvalue weighted by atomic mass is 9.88. The van der Waals surface area contributed by atoms with Crippen molar-refractivity contribution in [2.45, 2.75) is 69.3 Å². The van der Waals surface area contributed by atoms with E-state index in [0.29, 0.717) is 25.5 Å². The second-order valence-electron chi connectivity index (χ2n) is 8.76. The average Bonchev–Trinajstić information content (AvgIpc) is 3.54. The van der Waals surface area contributed by atoms with Gasteiger partial charge in [-0.3, -0.25) is 4.79 Å². The number of ether oxygens (including phenoxy) is 4. The Morgan fingerprint density at radius 2 is 1.80 bits per heavy atom. The predicted molar refractivity (Wildman–Crippen MR) is 111 cm³/mol. The molecule has 162 valence electrons. The van der Waals surface area contributed by atoms with Gasteiger partial charge >= 0.3 is 0 Å². The third kappa shape index (κ3) is 4.71. The number of carbonyl (C=O) groups excluding carboxylic acids is 1. The molecule has 0 spiro atoms. The van der Waals surface area contributed by atoms with E-state index in [0.717, 1.165) is 44.0 Å². The van der Waals surface area contributed by atoms with Crippen LogP contribution in [0.3, 0.4) is 0 Å². The van der Waals surface area contributed by atoms with Crippen molar-refractivity contribution in [3.05, 3.63) is 41.7 Å². The second kappa shape index (κ2) is 9.08. The molecule has 4 aliphatic rings. The van der Waals surface area contributed by atoms with Gasteiger partial charge in [0, 0.05) is 19.2 Å². The molecule has 1 aromatic carbocycles. The summed E-state index contributed by atoms with van der Waals surface area (Å²) in [6.07, 6.45) is 9.64. The molecule has 1 atom stereocenters. The Labute approximate surface area is 178 Å². The van der Waals surface area contributed by atoms with E-state index in [-0.39, 0.29) is 24.3 Å². The van der Waals surface area contributed by atoms with Crippen molar-refractivity contribution in [1.82, 2.24) is 4.90 Å². The molecule has 1 amide bonds. The highest BCUT2D eigenvalue weighted by Crippen LogP contribution is 2.40. The molecule has 3 fully saturated rings. The van der Waals surface area contributed by atoms with Gasteiger partial charge in [0.15, 0.2) is 12.0 Å². The standard InChI is InChI=1S/C24H31NO5/c26-24-22(30-20-8-6-18(7-9-20)17-4-5-17)10-11-25(24)19-15-21(16-19)27-13-14-29-23-3-1-2-12-28-23/h6-10,17,19,21,23H,1-5,11-16H2. The molecule has 0 N–H and O–H groups in total. The zero-order chi connectivity index (χ0) is 20.3. The number of amides is 1. The fourth-order valence-electron chi connectivity index (χ4n) is 4.41. The Hall–Kier alpha value is -1.89. The van der Waals surface area contributed by atoms with Crippen LogP contribution < -0.4 is 4.74 Å². The molecular formula is C24H31NO5. The minimum Gasteiger partial charge on any atom is -0.452 e. The van der Waals surface area contributed by atoms with Crippen LogP contribution >= 0.6 is 0 Å². The highest BCUT2D eigenvalue weighted by molar-refractivity contribution is 5.94. The summed E-state index contributed by atoms with van der Waals surface area (Å²) in [7, 11) is 0. The molecule has 6 heteroatoms. The number of hydrogen-bond donors (Lipinski definition) is 0. The van der Waals surface area contributed by atoms with Crippen LogP contribution in [0.4, 0.5) is 0 Å². The van der Waals surface area contributed by atoms with Gasteiger partial charge in [-0.25, -0.2) is 0 Å². The number of rotatable bonds is 9. The zero-order valence-electron chi connectivity index (χ0n) is 17.5. The van der Waals surface area contributed by atoms with Crippen LogP contribution in [0.25, 0.3) is 0 Å². The molecule has 2 aliphatic heterocycles. The van der Waals surface area contributed by atoms with Crippen molar-refractivity contribution in [1.29, 1.82) is 0 Å². The maximum atomic E-state index is 12.7. The number of nitrogens with zero attached hydrogens (tertiary/aromatic N) is 1. The molecule has 6 nitrogen and oxygen atoms in total. The molecule has 1 aromatic rings. The Kier molecular flexibility index (Phi) is 6.07. The first-order valence-corrected chi connectivity index (χ1v) is 11.4. The van der Waals surface area contributed by atoms with Gasteiger partial charge in [0.05, 0.1) is 19.3 Å². The van der Waals surface area contributed by atoms with E-state index in [1.54, 1.807) is 0 Å². The highest BCUT2D eigenvalue weighted by Gasteiger charge is 2.40. The van der Waals surface area contributed by atoms with Crippen molar-refractivity contribution < 1.29 is 23.7 Å². The summed E-state index contributed by atoms with van der Waals surface area (Å²) in [6.45, 7) is 2.56. The molecule has 2 heterocycles. The van der Waals surface area contributed by atoms with E-state index in [2.05, 4.69) is 12.1 Å². The maximum Gasteiger partial charge on any atom is 0.289 e. The predicted octanol–water partition coefficient (Wildman–Crippen LogP) is 3.76. The van der Waals surface area contributed by atoms with Crippen LogP contribution in [0.15, 0.2) is 36.1 Å². The molecule has 1 saturated heterocycles. The van der Waals surface area contributed by atoms with E-state index >= 15 is 0 Å². The van der Waals surface area contributed by atoms with E-state index in [1.165, 1.54) is 24.8 Å². The summed E-state index contributed by atoms with van der Waals surface area (Å²) >= 11 is 0. The highest BCUT2D eigenvalue weighted by atomic mass is 16.7. The van der Waals surface area contributed by atoms with E-state index in [4.69, 9.17) is 18.9 Å². The fraction of sp³-hybridized carbons (Fsp3) is 0.625. The van der Waals surface area contributed by atoms with Gasteiger partial charge in [-0.1, -0.05) is 12.1 Å². The Balaban J connectivity index is 1.00. The van der Waals surface area contributed by atoms with Gasteiger partial charge < -0.3 is 23.8 Å². The zero-order valence-corrected chi connectivity index (χ0v) is 17.5. The summed E-state index contributed by atoms with van der Waals surface area (Å²) < 4.78 is 23.0. The minimum atomic E-state index is -0.0619. The summed E-state index contributed by atoms with van der Waals surface area (Å²) in [6, 6.07) is 8.40. The molecule has 2 saturated carbocycles. The van der Waals surface area contributed by atoms with Crippen LogP contribution in [-0.2, 0) is 19.0 Å². The molecule has 2 aliphatic carbocycles. The van der Waals surface area contributed by atoms with Gasteiger partial charge in [-0.05, 0) is 74.6 Å². The third-order valence-electron chi connectivity index (χ3n) is 6.49. The van der Waals surface area contributed by atoms with Gasteiger partial charge in [0.25, 0.3) is 5.91 Å². The SMILES string of the molecule is O=C1C(Oc2ccc(C3CC3)cc2)=CCN1C1CC(OCCOC2CCCCO2)C1. The van der Waals surface area contributed by atoms with Crippen molar-refractivity contribution in [3.63, 3.8) is 0 Å². The molecule has 30 heavy (non-hydrogen) atoms. The third-order valence-corrected chi connectivity index (χ3v) is 6.49. The molecule has 0 radical (unpaired) electrons. The monoisotopic (exact) mass is 413 g/mol. The molecule has 0 aromatic heterocycles. The Morgan fingerprint density at radius 1 is 1.00 bits per heavy atom. The molecule has 0 bridgehead atoms. The van der Waals surface area contributed by atoms with Crippen LogP contribution in [0.5, 0.6) is 5.75 Å². The lowest BCUT2D eigenvalue weighted by molar-refractivity contribution is -0.175. The lowest BCUT2D eigenvalue weighted by Gasteiger charge is -2.40. The van der Waals surface area contributed by atoms with Gasteiger partial charge in [-0.15, -0.1) is 0 Å². The largest absolute Gasteiger partial charge is 0.452 e. The lowest BCUT2D eigenvalue weighted by Crippen LogP contribution is -2.49. The van der Waals surface area contributed by atoms with Crippen LogP contribution in [0.1, 0.15) is 56.4 Å². The first-order chi connectivity index (χ1) is 14.8. The molecular weight excluding hydrogens is 382 g/mol. The average molecular weight is 414 g/mol. The van der Waals surface area contributed by atoms with E-state index in [9.17, 15) is 4.79 Å².